The van der Waals surface area contributed by atoms with Gasteiger partial charge in [-0.1, -0.05) is 26.7 Å². The summed E-state index contributed by atoms with van der Waals surface area (Å²) in [6.07, 6.45) is 3.82. The van der Waals surface area contributed by atoms with E-state index in [4.69, 9.17) is 0 Å². The van der Waals surface area contributed by atoms with Gasteiger partial charge >= 0.3 is 0 Å². The topological polar surface area (TPSA) is 46.2 Å². The maximum Gasteiger partial charge on any atom is 0.154 e. The van der Waals surface area contributed by atoms with Crippen LogP contribution in [0.2, 0.25) is 0 Å². The van der Waals surface area contributed by atoms with Crippen molar-refractivity contribution in [3.05, 3.63) is 0 Å². The van der Waals surface area contributed by atoms with Crippen molar-refractivity contribution in [2.45, 2.75) is 50.8 Å². The summed E-state index contributed by atoms with van der Waals surface area (Å²) in [4.78, 5) is 0. The Labute approximate surface area is 93.6 Å². The number of sulfone groups is 1. The summed E-state index contributed by atoms with van der Waals surface area (Å²) in [5.41, 5.74) is 0. The highest BCUT2D eigenvalue weighted by atomic mass is 32.2. The van der Waals surface area contributed by atoms with Crippen LogP contribution in [0.5, 0.6) is 0 Å². The fourth-order valence-electron chi connectivity index (χ4n) is 2.32. The summed E-state index contributed by atoms with van der Waals surface area (Å²) in [6, 6.07) is 0.180. The molecular weight excluding hydrogens is 210 g/mol. The number of rotatable bonds is 5. The normalized spacial score (nSPS) is 29.3. The van der Waals surface area contributed by atoms with E-state index in [-0.39, 0.29) is 17.2 Å². The van der Waals surface area contributed by atoms with E-state index in [2.05, 4.69) is 5.32 Å². The van der Waals surface area contributed by atoms with E-state index in [9.17, 15) is 8.42 Å². The number of hydrogen-bond donors (Lipinski definition) is 1. The summed E-state index contributed by atoms with van der Waals surface area (Å²) >= 11 is 0. The Bertz CT molecular complexity index is 287. The lowest BCUT2D eigenvalue weighted by Gasteiger charge is -2.21. The first-order chi connectivity index (χ1) is 7.01. The summed E-state index contributed by atoms with van der Waals surface area (Å²) in [7, 11) is -1.03. The molecule has 1 aliphatic carbocycles. The van der Waals surface area contributed by atoms with Gasteiger partial charge < -0.3 is 5.32 Å². The van der Waals surface area contributed by atoms with Crippen molar-refractivity contribution in [2.75, 3.05) is 12.8 Å². The summed E-state index contributed by atoms with van der Waals surface area (Å²) < 4.78 is 24.3. The largest absolute Gasteiger partial charge is 0.316 e. The standard InChI is InChI=1S/C11H23NO2S/c1-4-9(2)8-15(13,14)11-7-5-6-10(11)12-3/h9-12H,4-8H2,1-3H3. The van der Waals surface area contributed by atoms with Gasteiger partial charge in [0.1, 0.15) is 0 Å². The third kappa shape index (κ3) is 3.18. The van der Waals surface area contributed by atoms with E-state index in [1.165, 1.54) is 0 Å². The zero-order chi connectivity index (χ0) is 11.5. The van der Waals surface area contributed by atoms with Crippen LogP contribution in [0.25, 0.3) is 0 Å². The molecule has 0 heterocycles. The second-order valence-corrected chi connectivity index (χ2v) is 6.97. The predicted molar refractivity (Wildman–Crippen MR) is 63.7 cm³/mol. The van der Waals surface area contributed by atoms with Crippen molar-refractivity contribution in [3.63, 3.8) is 0 Å². The fourth-order valence-corrected chi connectivity index (χ4v) is 4.90. The van der Waals surface area contributed by atoms with Gasteiger partial charge in [-0.15, -0.1) is 0 Å². The molecule has 4 heteroatoms. The van der Waals surface area contributed by atoms with Gasteiger partial charge in [0, 0.05) is 6.04 Å². The van der Waals surface area contributed by atoms with Gasteiger partial charge in [-0.3, -0.25) is 0 Å². The molecule has 1 N–H and O–H groups in total. The van der Waals surface area contributed by atoms with Crippen molar-refractivity contribution in [1.29, 1.82) is 0 Å². The number of nitrogens with one attached hydrogen (secondary N) is 1. The van der Waals surface area contributed by atoms with Crippen molar-refractivity contribution >= 4 is 9.84 Å². The lowest BCUT2D eigenvalue weighted by Crippen LogP contribution is -2.40. The molecule has 3 nitrogen and oxygen atoms in total. The van der Waals surface area contributed by atoms with Crippen molar-refractivity contribution in [3.8, 4) is 0 Å². The van der Waals surface area contributed by atoms with Gasteiger partial charge in [0.05, 0.1) is 11.0 Å². The predicted octanol–water partition coefficient (Wildman–Crippen LogP) is 1.59. The van der Waals surface area contributed by atoms with Crippen LogP contribution in [0.15, 0.2) is 0 Å². The van der Waals surface area contributed by atoms with Crippen molar-refractivity contribution in [2.24, 2.45) is 5.92 Å². The third-order valence-electron chi connectivity index (χ3n) is 3.50. The van der Waals surface area contributed by atoms with Crippen LogP contribution in [0.3, 0.4) is 0 Å². The highest BCUT2D eigenvalue weighted by Crippen LogP contribution is 2.27. The third-order valence-corrected chi connectivity index (χ3v) is 6.02. The van der Waals surface area contributed by atoms with Gasteiger partial charge in [0.25, 0.3) is 0 Å². The zero-order valence-corrected chi connectivity index (χ0v) is 10.8. The fraction of sp³-hybridized carbons (Fsp3) is 1.00. The van der Waals surface area contributed by atoms with Crippen molar-refractivity contribution in [1.82, 2.24) is 5.32 Å². The van der Waals surface area contributed by atoms with Gasteiger partial charge in [-0.2, -0.15) is 0 Å². The van der Waals surface area contributed by atoms with Crippen LogP contribution in [-0.4, -0.2) is 32.5 Å². The van der Waals surface area contributed by atoms with Gasteiger partial charge in [-0.25, -0.2) is 8.42 Å². The lowest BCUT2D eigenvalue weighted by molar-refractivity contribution is 0.522. The Kier molecular flexibility index (Phi) is 4.59. The SMILES string of the molecule is CCC(C)CS(=O)(=O)C1CCCC1NC. The maximum absolute atomic E-state index is 12.1. The Morgan fingerprint density at radius 1 is 1.40 bits per heavy atom. The molecule has 15 heavy (non-hydrogen) atoms. The number of hydrogen-bond acceptors (Lipinski definition) is 3. The van der Waals surface area contributed by atoms with Crippen LogP contribution in [-0.2, 0) is 9.84 Å². The molecular formula is C11H23NO2S. The van der Waals surface area contributed by atoms with E-state index in [1.54, 1.807) is 0 Å². The molecule has 0 aromatic carbocycles. The molecule has 3 unspecified atom stereocenters. The average molecular weight is 233 g/mol. The summed E-state index contributed by atoms with van der Waals surface area (Å²) in [6.45, 7) is 4.06. The van der Waals surface area contributed by atoms with Crippen LogP contribution in [0, 0.1) is 5.92 Å². The van der Waals surface area contributed by atoms with Gasteiger partial charge in [0.2, 0.25) is 0 Å². The lowest BCUT2D eigenvalue weighted by atomic mass is 10.2. The first-order valence-electron chi connectivity index (χ1n) is 5.90. The molecule has 1 fully saturated rings. The van der Waals surface area contributed by atoms with Crippen molar-refractivity contribution < 1.29 is 8.42 Å². The highest BCUT2D eigenvalue weighted by molar-refractivity contribution is 7.92. The van der Waals surface area contributed by atoms with Crippen LogP contribution < -0.4 is 5.32 Å². The molecule has 0 radical (unpaired) electrons. The van der Waals surface area contributed by atoms with Crippen LogP contribution in [0.1, 0.15) is 39.5 Å². The molecule has 0 aromatic rings. The van der Waals surface area contributed by atoms with Crippen LogP contribution in [0.4, 0.5) is 0 Å². The van der Waals surface area contributed by atoms with E-state index in [0.717, 1.165) is 25.7 Å². The van der Waals surface area contributed by atoms with Gasteiger partial charge in [-0.05, 0) is 25.8 Å². The average Bonchev–Trinajstić information content (AvgIpc) is 2.65. The van der Waals surface area contributed by atoms with Gasteiger partial charge in [0.15, 0.2) is 9.84 Å². The summed E-state index contributed by atoms with van der Waals surface area (Å²) in [5.74, 6) is 0.639. The summed E-state index contributed by atoms with van der Waals surface area (Å²) in [5, 5.41) is 2.99. The second-order valence-electron chi connectivity index (χ2n) is 4.71. The molecule has 0 saturated heterocycles. The monoisotopic (exact) mass is 233 g/mol. The Morgan fingerprint density at radius 2 is 2.07 bits per heavy atom. The molecule has 1 saturated carbocycles. The Morgan fingerprint density at radius 3 is 2.60 bits per heavy atom. The van der Waals surface area contributed by atoms with E-state index in [1.807, 2.05) is 20.9 Å². The molecule has 0 amide bonds. The Balaban J connectivity index is 2.68. The molecule has 1 rings (SSSR count). The molecule has 0 aromatic heterocycles. The maximum atomic E-state index is 12.1. The van der Waals surface area contributed by atoms with Crippen LogP contribution >= 0.6 is 0 Å². The molecule has 1 aliphatic rings. The Hall–Kier alpha value is -0.0900. The molecule has 3 atom stereocenters. The minimum atomic E-state index is -2.90. The van der Waals surface area contributed by atoms with E-state index in [0.29, 0.717) is 5.75 Å². The minimum absolute atomic E-state index is 0.142. The molecule has 90 valence electrons. The first kappa shape index (κ1) is 13.0. The first-order valence-corrected chi connectivity index (χ1v) is 7.61. The highest BCUT2D eigenvalue weighted by Gasteiger charge is 2.36. The molecule has 0 bridgehead atoms. The smallest absolute Gasteiger partial charge is 0.154 e. The van der Waals surface area contributed by atoms with E-state index >= 15 is 0 Å². The zero-order valence-electron chi connectivity index (χ0n) is 9.99. The molecule has 0 spiro atoms. The quantitative estimate of drug-likeness (QED) is 0.784. The second kappa shape index (κ2) is 5.30. The van der Waals surface area contributed by atoms with E-state index < -0.39 is 9.84 Å². The molecule has 0 aliphatic heterocycles. The minimum Gasteiger partial charge on any atom is -0.316 e.